The van der Waals surface area contributed by atoms with Crippen molar-refractivity contribution in [2.75, 3.05) is 0 Å². The summed E-state index contributed by atoms with van der Waals surface area (Å²) in [7, 11) is 0. The van der Waals surface area contributed by atoms with E-state index < -0.39 is 5.60 Å². The molecule has 1 aromatic heterocycles. The Labute approximate surface area is 96.7 Å². The monoisotopic (exact) mass is 215 g/mol. The molecule has 2 nitrogen and oxygen atoms in total. The zero-order valence-electron chi connectivity index (χ0n) is 9.61. The molecule has 16 heavy (non-hydrogen) atoms. The van der Waals surface area contributed by atoms with E-state index in [1.807, 2.05) is 6.07 Å². The zero-order chi connectivity index (χ0) is 11.6. The maximum Gasteiger partial charge on any atom is 0.112 e. The van der Waals surface area contributed by atoms with E-state index in [-0.39, 0.29) is 0 Å². The van der Waals surface area contributed by atoms with E-state index in [9.17, 15) is 5.11 Å². The second-order valence-electron chi connectivity index (χ2n) is 4.79. The van der Waals surface area contributed by atoms with Gasteiger partial charge in [0, 0.05) is 11.8 Å². The molecule has 0 bridgehead atoms. The van der Waals surface area contributed by atoms with Gasteiger partial charge in [0.15, 0.2) is 0 Å². The summed E-state index contributed by atoms with van der Waals surface area (Å²) in [6.45, 7) is 2.24. The van der Waals surface area contributed by atoms with Crippen molar-refractivity contribution in [2.24, 2.45) is 5.92 Å². The van der Waals surface area contributed by atoms with Crippen molar-refractivity contribution in [3.63, 3.8) is 0 Å². The first-order chi connectivity index (χ1) is 7.64. The van der Waals surface area contributed by atoms with Gasteiger partial charge in [-0.15, -0.1) is 6.42 Å². The predicted octanol–water partition coefficient (Wildman–Crippen LogP) is 2.46. The second kappa shape index (κ2) is 4.27. The molecule has 2 rings (SSSR count). The topological polar surface area (TPSA) is 33.1 Å². The van der Waals surface area contributed by atoms with Gasteiger partial charge in [-0.2, -0.15) is 0 Å². The standard InChI is InChI=1S/C14H17NO/c1-3-13-5-4-12(10-15-13)14(16)8-6-11(2)7-9-14/h1,4-5,10-11,16H,6-9H2,2H3/t11-,14-. The number of aliphatic hydroxyl groups is 1. The van der Waals surface area contributed by atoms with Gasteiger partial charge in [0.2, 0.25) is 0 Å². The average Bonchev–Trinajstić information content (AvgIpc) is 2.33. The summed E-state index contributed by atoms with van der Waals surface area (Å²) >= 11 is 0. The zero-order valence-corrected chi connectivity index (χ0v) is 9.61. The molecule has 1 aliphatic rings. The summed E-state index contributed by atoms with van der Waals surface area (Å²) in [4.78, 5) is 4.14. The van der Waals surface area contributed by atoms with Crippen molar-refractivity contribution in [1.29, 1.82) is 0 Å². The molecule has 0 unspecified atom stereocenters. The van der Waals surface area contributed by atoms with Gasteiger partial charge in [0.25, 0.3) is 0 Å². The lowest BCUT2D eigenvalue weighted by atomic mass is 9.76. The Morgan fingerprint density at radius 1 is 1.44 bits per heavy atom. The molecule has 84 valence electrons. The smallest absolute Gasteiger partial charge is 0.112 e. The molecule has 1 heterocycles. The van der Waals surface area contributed by atoms with Crippen LogP contribution in [0.25, 0.3) is 0 Å². The molecule has 1 fully saturated rings. The Hall–Kier alpha value is -1.33. The normalized spacial score (nSPS) is 29.7. The van der Waals surface area contributed by atoms with Crippen LogP contribution in [-0.4, -0.2) is 10.1 Å². The van der Waals surface area contributed by atoms with Gasteiger partial charge in [0.1, 0.15) is 5.69 Å². The Morgan fingerprint density at radius 2 is 2.12 bits per heavy atom. The quantitative estimate of drug-likeness (QED) is 0.730. The van der Waals surface area contributed by atoms with Crippen molar-refractivity contribution >= 4 is 0 Å². The lowest BCUT2D eigenvalue weighted by Gasteiger charge is -2.35. The first kappa shape index (κ1) is 11.2. The number of pyridine rings is 1. The minimum atomic E-state index is -0.688. The summed E-state index contributed by atoms with van der Waals surface area (Å²) in [5, 5.41) is 10.5. The third kappa shape index (κ3) is 2.10. The average molecular weight is 215 g/mol. The molecule has 0 atom stereocenters. The molecule has 1 aromatic rings. The van der Waals surface area contributed by atoms with E-state index in [1.54, 1.807) is 12.3 Å². The van der Waals surface area contributed by atoms with Crippen molar-refractivity contribution in [1.82, 2.24) is 4.98 Å². The molecule has 1 saturated carbocycles. The van der Waals surface area contributed by atoms with Crippen LogP contribution in [0.1, 0.15) is 43.9 Å². The van der Waals surface area contributed by atoms with E-state index in [0.717, 1.165) is 37.2 Å². The molecule has 0 aliphatic heterocycles. The van der Waals surface area contributed by atoms with Gasteiger partial charge in [-0.1, -0.05) is 18.9 Å². The molecule has 1 N–H and O–H groups in total. The fourth-order valence-electron chi connectivity index (χ4n) is 2.28. The number of rotatable bonds is 1. The van der Waals surface area contributed by atoms with Crippen LogP contribution in [0.15, 0.2) is 18.3 Å². The highest BCUT2D eigenvalue weighted by Crippen LogP contribution is 2.38. The lowest BCUT2D eigenvalue weighted by Crippen LogP contribution is -2.30. The van der Waals surface area contributed by atoms with Gasteiger partial charge < -0.3 is 5.11 Å². The van der Waals surface area contributed by atoms with Crippen LogP contribution in [0.4, 0.5) is 0 Å². The van der Waals surface area contributed by atoms with Crippen molar-refractivity contribution in [3.05, 3.63) is 29.6 Å². The van der Waals surface area contributed by atoms with Crippen LogP contribution in [-0.2, 0) is 5.60 Å². The summed E-state index contributed by atoms with van der Waals surface area (Å²) < 4.78 is 0. The molecule has 2 heteroatoms. The first-order valence-electron chi connectivity index (χ1n) is 5.79. The third-order valence-corrected chi connectivity index (χ3v) is 3.55. The number of hydrogen-bond acceptors (Lipinski definition) is 2. The first-order valence-corrected chi connectivity index (χ1v) is 5.79. The summed E-state index contributed by atoms with van der Waals surface area (Å²) in [6, 6.07) is 3.70. The minimum absolute atomic E-state index is 0.622. The highest BCUT2D eigenvalue weighted by Gasteiger charge is 2.33. The molecule has 1 aliphatic carbocycles. The maximum absolute atomic E-state index is 10.5. The van der Waals surface area contributed by atoms with E-state index in [4.69, 9.17) is 6.42 Å². The molecule has 0 saturated heterocycles. The number of aromatic nitrogens is 1. The van der Waals surface area contributed by atoms with Crippen LogP contribution in [0, 0.1) is 18.3 Å². The largest absolute Gasteiger partial charge is 0.385 e. The number of hydrogen-bond donors (Lipinski definition) is 1. The SMILES string of the molecule is C#Cc1ccc([C@]2(O)CC[C@H](C)CC2)cn1. The molecule has 0 aromatic carbocycles. The summed E-state index contributed by atoms with van der Waals surface area (Å²) in [5.41, 5.74) is 0.835. The summed E-state index contributed by atoms with van der Waals surface area (Å²) in [6.07, 6.45) is 10.8. The van der Waals surface area contributed by atoms with Gasteiger partial charge >= 0.3 is 0 Å². The van der Waals surface area contributed by atoms with Crippen LogP contribution < -0.4 is 0 Å². The van der Waals surface area contributed by atoms with Gasteiger partial charge in [-0.25, -0.2) is 4.98 Å². The molecule has 0 amide bonds. The Bertz CT molecular complexity index is 394. The fraction of sp³-hybridized carbons (Fsp3) is 0.500. The Kier molecular flexibility index (Phi) is 2.98. The molecular weight excluding hydrogens is 198 g/mol. The molecule has 0 spiro atoms. The highest BCUT2D eigenvalue weighted by molar-refractivity contribution is 5.29. The highest BCUT2D eigenvalue weighted by atomic mass is 16.3. The maximum atomic E-state index is 10.5. The van der Waals surface area contributed by atoms with Gasteiger partial charge in [0.05, 0.1) is 5.60 Å². The number of nitrogens with zero attached hydrogens (tertiary/aromatic N) is 1. The third-order valence-electron chi connectivity index (χ3n) is 3.55. The Morgan fingerprint density at radius 3 is 2.62 bits per heavy atom. The van der Waals surface area contributed by atoms with Crippen LogP contribution in [0.3, 0.4) is 0 Å². The second-order valence-corrected chi connectivity index (χ2v) is 4.79. The molecular formula is C14H17NO. The minimum Gasteiger partial charge on any atom is -0.385 e. The van der Waals surface area contributed by atoms with E-state index in [1.165, 1.54) is 0 Å². The van der Waals surface area contributed by atoms with Crippen molar-refractivity contribution in [2.45, 2.75) is 38.2 Å². The fourth-order valence-corrected chi connectivity index (χ4v) is 2.28. The van der Waals surface area contributed by atoms with E-state index in [2.05, 4.69) is 17.8 Å². The molecule has 0 radical (unpaired) electrons. The van der Waals surface area contributed by atoms with Gasteiger partial charge in [-0.3, -0.25) is 0 Å². The van der Waals surface area contributed by atoms with Crippen molar-refractivity contribution in [3.8, 4) is 12.3 Å². The number of terminal acetylenes is 1. The van der Waals surface area contributed by atoms with Crippen LogP contribution >= 0.6 is 0 Å². The Balaban J connectivity index is 2.20. The predicted molar refractivity (Wildman–Crippen MR) is 63.7 cm³/mol. The van der Waals surface area contributed by atoms with Crippen LogP contribution in [0.5, 0.6) is 0 Å². The lowest BCUT2D eigenvalue weighted by molar-refractivity contribution is -0.0123. The summed E-state index contributed by atoms with van der Waals surface area (Å²) in [5.74, 6) is 3.20. The van der Waals surface area contributed by atoms with Gasteiger partial charge in [-0.05, 0) is 37.7 Å². The van der Waals surface area contributed by atoms with Crippen molar-refractivity contribution < 1.29 is 5.11 Å². The van der Waals surface area contributed by atoms with Crippen LogP contribution in [0.2, 0.25) is 0 Å². The van der Waals surface area contributed by atoms with E-state index >= 15 is 0 Å². The van der Waals surface area contributed by atoms with E-state index in [0.29, 0.717) is 5.69 Å².